The Bertz CT molecular complexity index is 502. The molecule has 1 heterocycles. The summed E-state index contributed by atoms with van der Waals surface area (Å²) >= 11 is 0. The van der Waals surface area contributed by atoms with E-state index in [-0.39, 0.29) is 5.82 Å². The third-order valence-electron chi connectivity index (χ3n) is 2.43. The van der Waals surface area contributed by atoms with Gasteiger partial charge in [-0.15, -0.1) is 0 Å². The fraction of sp³-hybridized carbons (Fsp3) is 0.214. The lowest BCUT2D eigenvalue weighted by Crippen LogP contribution is -2.04. The maximum Gasteiger partial charge on any atom is 0.145 e. The first-order valence-electron chi connectivity index (χ1n) is 5.85. The van der Waals surface area contributed by atoms with Crippen LogP contribution in [0.15, 0.2) is 42.6 Å². The minimum absolute atomic E-state index is 0.304. The minimum Gasteiger partial charge on any atom is -0.492 e. The van der Waals surface area contributed by atoms with Gasteiger partial charge in [0, 0.05) is 12.3 Å². The lowest BCUT2D eigenvalue weighted by Gasteiger charge is -2.12. The molecule has 0 radical (unpaired) electrons. The zero-order valence-corrected chi connectivity index (χ0v) is 10.2. The van der Waals surface area contributed by atoms with E-state index in [1.165, 1.54) is 12.1 Å². The molecule has 0 aliphatic rings. The van der Waals surface area contributed by atoms with Crippen molar-refractivity contribution in [3.63, 3.8) is 0 Å². The Kier molecular flexibility index (Phi) is 4.12. The lowest BCUT2D eigenvalue weighted by atomic mass is 10.2. The number of anilines is 1. The summed E-state index contributed by atoms with van der Waals surface area (Å²) in [6.07, 6.45) is 1.74. The Balaban J connectivity index is 2.09. The average molecular weight is 246 g/mol. The molecule has 1 N–H and O–H groups in total. The third-order valence-corrected chi connectivity index (χ3v) is 2.43. The van der Waals surface area contributed by atoms with Crippen molar-refractivity contribution in [2.24, 2.45) is 0 Å². The third kappa shape index (κ3) is 3.20. The maximum atomic E-state index is 13.1. The summed E-state index contributed by atoms with van der Waals surface area (Å²) < 4.78 is 18.5. The Morgan fingerprint density at radius 3 is 2.89 bits per heavy atom. The van der Waals surface area contributed by atoms with Gasteiger partial charge in [0.2, 0.25) is 0 Å². The van der Waals surface area contributed by atoms with Crippen molar-refractivity contribution in [1.29, 1.82) is 0 Å². The van der Waals surface area contributed by atoms with E-state index in [1.54, 1.807) is 12.3 Å². The van der Waals surface area contributed by atoms with Crippen LogP contribution >= 0.6 is 0 Å². The fourth-order valence-corrected chi connectivity index (χ4v) is 1.61. The van der Waals surface area contributed by atoms with Crippen molar-refractivity contribution in [3.05, 3.63) is 54.1 Å². The van der Waals surface area contributed by atoms with E-state index in [9.17, 15) is 4.39 Å². The summed E-state index contributed by atoms with van der Waals surface area (Å²) in [5, 5.41) is 3.19. The highest BCUT2D eigenvalue weighted by Crippen LogP contribution is 2.25. The number of ether oxygens (including phenoxy) is 1. The molecule has 18 heavy (non-hydrogen) atoms. The van der Waals surface area contributed by atoms with E-state index in [2.05, 4.69) is 10.3 Å². The molecule has 0 aliphatic carbocycles. The van der Waals surface area contributed by atoms with E-state index in [4.69, 9.17) is 4.74 Å². The highest BCUT2D eigenvalue weighted by Gasteiger charge is 2.05. The zero-order valence-electron chi connectivity index (χ0n) is 10.2. The molecule has 0 fully saturated rings. The molecule has 94 valence electrons. The van der Waals surface area contributed by atoms with E-state index < -0.39 is 0 Å². The molecule has 4 heteroatoms. The van der Waals surface area contributed by atoms with Crippen molar-refractivity contribution in [3.8, 4) is 5.75 Å². The predicted molar refractivity (Wildman–Crippen MR) is 69.1 cm³/mol. The lowest BCUT2D eigenvalue weighted by molar-refractivity contribution is 0.339. The first kappa shape index (κ1) is 12.4. The molecule has 2 rings (SSSR count). The molecule has 0 bridgehead atoms. The number of nitrogens with one attached hydrogen (secondary N) is 1. The summed E-state index contributed by atoms with van der Waals surface area (Å²) in [5.41, 5.74) is 1.69. The van der Waals surface area contributed by atoms with Crippen LogP contribution in [0.1, 0.15) is 12.6 Å². The molecular weight excluding hydrogens is 231 g/mol. The highest BCUT2D eigenvalue weighted by atomic mass is 19.1. The smallest absolute Gasteiger partial charge is 0.145 e. The van der Waals surface area contributed by atoms with Gasteiger partial charge >= 0.3 is 0 Å². The molecular formula is C14H15FN2O. The van der Waals surface area contributed by atoms with Crippen LogP contribution in [0, 0.1) is 5.82 Å². The first-order valence-corrected chi connectivity index (χ1v) is 5.85. The first-order chi connectivity index (χ1) is 8.79. The second kappa shape index (κ2) is 6.00. The van der Waals surface area contributed by atoms with E-state index in [1.807, 2.05) is 25.1 Å². The van der Waals surface area contributed by atoms with Gasteiger partial charge in [0.05, 0.1) is 24.5 Å². The number of nitrogens with zero attached hydrogens (tertiary/aromatic N) is 1. The van der Waals surface area contributed by atoms with Gasteiger partial charge in [0.1, 0.15) is 11.6 Å². The highest BCUT2D eigenvalue weighted by molar-refractivity contribution is 5.56. The summed E-state index contributed by atoms with van der Waals surface area (Å²) in [5.74, 6) is 0.218. The van der Waals surface area contributed by atoms with Gasteiger partial charge in [-0.25, -0.2) is 4.39 Å². The van der Waals surface area contributed by atoms with Crippen molar-refractivity contribution < 1.29 is 9.13 Å². The molecule has 1 aromatic carbocycles. The maximum absolute atomic E-state index is 13.1. The van der Waals surface area contributed by atoms with Crippen molar-refractivity contribution >= 4 is 5.69 Å². The summed E-state index contributed by atoms with van der Waals surface area (Å²) in [4.78, 5) is 4.21. The van der Waals surface area contributed by atoms with E-state index >= 15 is 0 Å². The summed E-state index contributed by atoms with van der Waals surface area (Å²) in [6, 6.07) is 10.2. The summed E-state index contributed by atoms with van der Waals surface area (Å²) in [6.45, 7) is 2.95. The van der Waals surface area contributed by atoms with Gasteiger partial charge in [-0.3, -0.25) is 4.98 Å². The molecule has 0 spiro atoms. The molecule has 0 amide bonds. The Morgan fingerprint density at radius 2 is 2.17 bits per heavy atom. The SMILES string of the molecule is CCOc1cc(F)ccc1NCc1ccccn1. The van der Waals surface area contributed by atoms with Crippen LogP contribution in [0.3, 0.4) is 0 Å². The van der Waals surface area contributed by atoms with Crippen LogP contribution in [0.2, 0.25) is 0 Å². The predicted octanol–water partition coefficient (Wildman–Crippen LogP) is 3.23. The molecule has 1 aromatic heterocycles. The summed E-state index contributed by atoms with van der Waals surface area (Å²) in [7, 11) is 0. The van der Waals surface area contributed by atoms with Gasteiger partial charge in [-0.05, 0) is 31.2 Å². The van der Waals surface area contributed by atoms with E-state index in [0.29, 0.717) is 18.9 Å². The van der Waals surface area contributed by atoms with Crippen LogP contribution in [-0.4, -0.2) is 11.6 Å². The number of hydrogen-bond donors (Lipinski definition) is 1. The Hall–Kier alpha value is -2.10. The molecule has 3 nitrogen and oxygen atoms in total. The van der Waals surface area contributed by atoms with Gasteiger partial charge in [0.25, 0.3) is 0 Å². The van der Waals surface area contributed by atoms with E-state index in [0.717, 1.165) is 11.4 Å². The fourth-order valence-electron chi connectivity index (χ4n) is 1.61. The number of hydrogen-bond acceptors (Lipinski definition) is 3. The van der Waals surface area contributed by atoms with Crippen LogP contribution in [0.4, 0.5) is 10.1 Å². The average Bonchev–Trinajstić information content (AvgIpc) is 2.39. The largest absolute Gasteiger partial charge is 0.492 e. The van der Waals surface area contributed by atoms with Gasteiger partial charge in [0.15, 0.2) is 0 Å². The molecule has 2 aromatic rings. The van der Waals surface area contributed by atoms with Gasteiger partial charge in [-0.2, -0.15) is 0 Å². The molecule has 0 saturated heterocycles. The van der Waals surface area contributed by atoms with Crippen LogP contribution < -0.4 is 10.1 Å². The zero-order chi connectivity index (χ0) is 12.8. The minimum atomic E-state index is -0.304. The molecule has 0 aliphatic heterocycles. The Morgan fingerprint density at radius 1 is 1.28 bits per heavy atom. The number of pyridine rings is 1. The van der Waals surface area contributed by atoms with Crippen LogP contribution in [-0.2, 0) is 6.54 Å². The second-order valence-electron chi connectivity index (χ2n) is 3.75. The van der Waals surface area contributed by atoms with Gasteiger partial charge < -0.3 is 10.1 Å². The van der Waals surface area contributed by atoms with Crippen molar-refractivity contribution in [1.82, 2.24) is 4.98 Å². The number of benzene rings is 1. The standard InChI is InChI=1S/C14H15FN2O/c1-2-18-14-9-11(15)6-7-13(14)17-10-12-5-3-4-8-16-12/h3-9,17H,2,10H2,1H3. The van der Waals surface area contributed by atoms with Crippen molar-refractivity contribution in [2.75, 3.05) is 11.9 Å². The molecule has 0 saturated carbocycles. The molecule has 0 unspecified atom stereocenters. The van der Waals surface area contributed by atoms with Crippen LogP contribution in [0.25, 0.3) is 0 Å². The number of halogens is 1. The normalized spacial score (nSPS) is 10.1. The topological polar surface area (TPSA) is 34.1 Å². The number of aromatic nitrogens is 1. The Labute approximate surface area is 106 Å². The molecule has 0 atom stereocenters. The number of rotatable bonds is 5. The van der Waals surface area contributed by atoms with Crippen molar-refractivity contribution in [2.45, 2.75) is 13.5 Å². The second-order valence-corrected chi connectivity index (χ2v) is 3.75. The van der Waals surface area contributed by atoms with Crippen LogP contribution in [0.5, 0.6) is 5.75 Å². The van der Waals surface area contributed by atoms with Gasteiger partial charge in [-0.1, -0.05) is 6.07 Å². The quantitative estimate of drug-likeness (QED) is 0.879. The monoisotopic (exact) mass is 246 g/mol.